The molecule has 1 atom stereocenters. The Morgan fingerprint density at radius 3 is 2.90 bits per heavy atom. The fourth-order valence-corrected chi connectivity index (χ4v) is 3.00. The molecule has 1 saturated heterocycles. The largest absolute Gasteiger partial charge is 0.289 e. The van der Waals surface area contributed by atoms with Crippen LogP contribution in [-0.4, -0.2) is 26.2 Å². The molecule has 0 bridgehead atoms. The molecule has 0 saturated carbocycles. The molecule has 0 amide bonds. The van der Waals surface area contributed by atoms with Gasteiger partial charge in [-0.1, -0.05) is 18.9 Å². The molecule has 1 aliphatic heterocycles. The zero-order chi connectivity index (χ0) is 13.8. The Labute approximate surface area is 120 Å². The third-order valence-electron chi connectivity index (χ3n) is 4.03. The lowest BCUT2D eigenvalue weighted by Crippen LogP contribution is -2.29. The van der Waals surface area contributed by atoms with Gasteiger partial charge in [0, 0.05) is 26.0 Å². The van der Waals surface area contributed by atoms with Crippen molar-refractivity contribution < 1.29 is 0 Å². The Bertz CT molecular complexity index is 534. The number of rotatable bonds is 3. The van der Waals surface area contributed by atoms with Gasteiger partial charge in [-0.3, -0.25) is 14.6 Å². The van der Waals surface area contributed by atoms with Crippen LogP contribution < -0.4 is 0 Å². The van der Waals surface area contributed by atoms with Crippen LogP contribution in [0.3, 0.4) is 0 Å². The summed E-state index contributed by atoms with van der Waals surface area (Å²) < 4.78 is 1.90. The molecule has 20 heavy (non-hydrogen) atoms. The van der Waals surface area contributed by atoms with Crippen LogP contribution >= 0.6 is 0 Å². The molecule has 3 heterocycles. The van der Waals surface area contributed by atoms with E-state index < -0.39 is 0 Å². The number of pyridine rings is 1. The summed E-state index contributed by atoms with van der Waals surface area (Å²) in [6.45, 7) is 2.06. The molecular weight excluding hydrogens is 248 g/mol. The summed E-state index contributed by atoms with van der Waals surface area (Å²) in [6, 6.07) is 8.74. The lowest BCUT2D eigenvalue weighted by Gasteiger charge is -2.28. The lowest BCUT2D eigenvalue weighted by atomic mass is 10.1. The highest BCUT2D eigenvalue weighted by Crippen LogP contribution is 2.30. The van der Waals surface area contributed by atoms with Crippen LogP contribution in [0.5, 0.6) is 0 Å². The van der Waals surface area contributed by atoms with Gasteiger partial charge in [0.15, 0.2) is 0 Å². The molecule has 0 aromatic carbocycles. The summed E-state index contributed by atoms with van der Waals surface area (Å²) in [7, 11) is 1.99. The van der Waals surface area contributed by atoms with Crippen molar-refractivity contribution >= 4 is 0 Å². The van der Waals surface area contributed by atoms with Crippen molar-refractivity contribution in [2.24, 2.45) is 7.05 Å². The molecule has 1 aliphatic rings. The minimum Gasteiger partial charge on any atom is -0.289 e. The molecule has 106 valence electrons. The average molecular weight is 270 g/mol. The third-order valence-corrected chi connectivity index (χ3v) is 4.03. The average Bonchev–Trinajstić information content (AvgIpc) is 2.76. The summed E-state index contributed by atoms with van der Waals surface area (Å²) >= 11 is 0. The Balaban J connectivity index is 1.80. The minimum atomic E-state index is 0.431. The van der Waals surface area contributed by atoms with E-state index in [1.165, 1.54) is 31.4 Å². The number of aryl methyl sites for hydroxylation is 1. The first kappa shape index (κ1) is 13.3. The molecule has 0 unspecified atom stereocenters. The Hall–Kier alpha value is -1.68. The van der Waals surface area contributed by atoms with Crippen molar-refractivity contribution in [3.05, 3.63) is 48.0 Å². The van der Waals surface area contributed by atoms with Crippen LogP contribution in [-0.2, 0) is 13.6 Å². The number of likely N-dealkylation sites (tertiary alicyclic amines) is 1. The molecule has 0 radical (unpaired) electrons. The maximum atomic E-state index is 4.62. The molecule has 3 rings (SSSR count). The fraction of sp³-hybridized carbons (Fsp3) is 0.500. The highest BCUT2D eigenvalue weighted by atomic mass is 15.3. The number of nitrogens with zero attached hydrogens (tertiary/aromatic N) is 4. The lowest BCUT2D eigenvalue weighted by molar-refractivity contribution is 0.186. The normalized spacial score (nSPS) is 20.8. The summed E-state index contributed by atoms with van der Waals surface area (Å²) in [4.78, 5) is 7.01. The van der Waals surface area contributed by atoms with Gasteiger partial charge in [0.1, 0.15) is 0 Å². The van der Waals surface area contributed by atoms with E-state index in [0.717, 1.165) is 18.8 Å². The molecule has 2 aromatic heterocycles. The van der Waals surface area contributed by atoms with Gasteiger partial charge in [-0.25, -0.2) is 0 Å². The van der Waals surface area contributed by atoms with E-state index in [9.17, 15) is 0 Å². The standard InChI is InChI=1S/C16H22N4/c1-19-12-9-15(18-19)16-8-3-2-6-11-20(16)13-14-7-4-5-10-17-14/h4-5,7,9-10,12,16H,2-3,6,8,11,13H2,1H3/t16-/m0/s1. The van der Waals surface area contributed by atoms with E-state index >= 15 is 0 Å². The molecule has 4 heteroatoms. The van der Waals surface area contributed by atoms with E-state index in [1.807, 2.05) is 30.2 Å². The molecule has 0 spiro atoms. The Kier molecular flexibility index (Phi) is 4.11. The van der Waals surface area contributed by atoms with Crippen LogP contribution in [0, 0.1) is 0 Å². The second-order valence-corrected chi connectivity index (χ2v) is 5.57. The first-order chi connectivity index (χ1) is 9.83. The van der Waals surface area contributed by atoms with E-state index in [0.29, 0.717) is 6.04 Å². The molecule has 1 fully saturated rings. The minimum absolute atomic E-state index is 0.431. The molecule has 0 aliphatic carbocycles. The van der Waals surface area contributed by atoms with Crippen molar-refractivity contribution in [2.75, 3.05) is 6.54 Å². The molecule has 4 nitrogen and oxygen atoms in total. The first-order valence-electron chi connectivity index (χ1n) is 7.46. The van der Waals surface area contributed by atoms with E-state index in [2.05, 4.69) is 33.2 Å². The predicted octanol–water partition coefficient (Wildman–Crippen LogP) is 2.93. The van der Waals surface area contributed by atoms with Crippen LogP contribution in [0.25, 0.3) is 0 Å². The van der Waals surface area contributed by atoms with Crippen molar-refractivity contribution in [1.82, 2.24) is 19.7 Å². The summed E-state index contributed by atoms with van der Waals surface area (Å²) in [5, 5.41) is 4.62. The molecule has 0 N–H and O–H groups in total. The van der Waals surface area contributed by atoms with E-state index in [4.69, 9.17) is 0 Å². The molecular formula is C16H22N4. The summed E-state index contributed by atoms with van der Waals surface area (Å²) in [6.07, 6.45) is 9.00. The van der Waals surface area contributed by atoms with Crippen molar-refractivity contribution in [3.8, 4) is 0 Å². The number of aromatic nitrogens is 3. The van der Waals surface area contributed by atoms with Gasteiger partial charge in [-0.05, 0) is 37.6 Å². The smallest absolute Gasteiger partial charge is 0.0796 e. The van der Waals surface area contributed by atoms with Crippen molar-refractivity contribution in [2.45, 2.75) is 38.3 Å². The topological polar surface area (TPSA) is 34.0 Å². The maximum Gasteiger partial charge on any atom is 0.0796 e. The van der Waals surface area contributed by atoms with Gasteiger partial charge in [-0.15, -0.1) is 0 Å². The Morgan fingerprint density at radius 2 is 2.15 bits per heavy atom. The predicted molar refractivity (Wildman–Crippen MR) is 79.1 cm³/mol. The number of hydrogen-bond donors (Lipinski definition) is 0. The van der Waals surface area contributed by atoms with Gasteiger partial charge in [0.25, 0.3) is 0 Å². The quantitative estimate of drug-likeness (QED) is 0.860. The van der Waals surface area contributed by atoms with Gasteiger partial charge >= 0.3 is 0 Å². The SMILES string of the molecule is Cn1ccc([C@@H]2CCCCCN2Cc2ccccn2)n1. The van der Waals surface area contributed by atoms with Crippen LogP contribution in [0.4, 0.5) is 0 Å². The Morgan fingerprint density at radius 1 is 1.20 bits per heavy atom. The maximum absolute atomic E-state index is 4.62. The highest BCUT2D eigenvalue weighted by Gasteiger charge is 2.24. The zero-order valence-electron chi connectivity index (χ0n) is 12.1. The summed E-state index contributed by atoms with van der Waals surface area (Å²) in [5.41, 5.74) is 2.35. The fourth-order valence-electron chi connectivity index (χ4n) is 3.00. The number of hydrogen-bond acceptors (Lipinski definition) is 3. The summed E-state index contributed by atoms with van der Waals surface area (Å²) in [5.74, 6) is 0. The van der Waals surface area contributed by atoms with E-state index in [1.54, 1.807) is 0 Å². The second kappa shape index (κ2) is 6.18. The van der Waals surface area contributed by atoms with Gasteiger partial charge in [-0.2, -0.15) is 5.10 Å². The monoisotopic (exact) mass is 270 g/mol. The highest BCUT2D eigenvalue weighted by molar-refractivity contribution is 5.09. The van der Waals surface area contributed by atoms with E-state index in [-0.39, 0.29) is 0 Å². The van der Waals surface area contributed by atoms with Crippen LogP contribution in [0.2, 0.25) is 0 Å². The van der Waals surface area contributed by atoms with Crippen LogP contribution in [0.1, 0.15) is 43.1 Å². The third kappa shape index (κ3) is 3.07. The first-order valence-corrected chi connectivity index (χ1v) is 7.46. The van der Waals surface area contributed by atoms with Gasteiger partial charge in [0.05, 0.1) is 17.4 Å². The molecule has 2 aromatic rings. The zero-order valence-corrected chi connectivity index (χ0v) is 12.1. The van der Waals surface area contributed by atoms with Crippen molar-refractivity contribution in [1.29, 1.82) is 0 Å². The van der Waals surface area contributed by atoms with Gasteiger partial charge < -0.3 is 0 Å². The van der Waals surface area contributed by atoms with Crippen LogP contribution in [0.15, 0.2) is 36.7 Å². The second-order valence-electron chi connectivity index (χ2n) is 5.57. The van der Waals surface area contributed by atoms with Crippen molar-refractivity contribution in [3.63, 3.8) is 0 Å². The van der Waals surface area contributed by atoms with Gasteiger partial charge in [0.2, 0.25) is 0 Å².